The van der Waals surface area contributed by atoms with Gasteiger partial charge in [-0.15, -0.1) is 11.8 Å². The number of amides is 2. The van der Waals surface area contributed by atoms with Crippen molar-refractivity contribution in [3.8, 4) is 0 Å². The van der Waals surface area contributed by atoms with E-state index < -0.39 is 15.9 Å². The maximum Gasteiger partial charge on any atom is 0.243 e. The number of nitrogens with one attached hydrogen (secondary N) is 2. The fraction of sp³-hybridized carbons (Fsp3) is 0.222. The second kappa shape index (κ2) is 9.58. The molecule has 2 aromatic carbocycles. The molecule has 0 aliphatic rings. The van der Waals surface area contributed by atoms with Crippen molar-refractivity contribution in [3.63, 3.8) is 0 Å². The molecule has 0 bridgehead atoms. The average molecular weight is 423 g/mol. The van der Waals surface area contributed by atoms with Gasteiger partial charge in [-0.1, -0.05) is 12.1 Å². The second-order valence-electron chi connectivity index (χ2n) is 5.96. The van der Waals surface area contributed by atoms with Gasteiger partial charge in [-0.25, -0.2) is 12.7 Å². The van der Waals surface area contributed by atoms with Crippen molar-refractivity contribution in [1.82, 2.24) is 4.31 Å². The van der Waals surface area contributed by atoms with Gasteiger partial charge in [0.15, 0.2) is 0 Å². The topological polar surface area (TPSA) is 122 Å². The Balaban J connectivity index is 1.96. The van der Waals surface area contributed by atoms with Gasteiger partial charge in [0, 0.05) is 30.4 Å². The number of anilines is 2. The zero-order valence-corrected chi connectivity index (χ0v) is 17.1. The Bertz CT molecular complexity index is 944. The molecule has 2 amide bonds. The van der Waals surface area contributed by atoms with Crippen LogP contribution in [0.4, 0.5) is 11.4 Å². The summed E-state index contributed by atoms with van der Waals surface area (Å²) in [6.07, 6.45) is 0. The lowest BCUT2D eigenvalue weighted by molar-refractivity contribution is -0.116. The number of hydrogen-bond donors (Lipinski definition) is 3. The smallest absolute Gasteiger partial charge is 0.243 e. The number of rotatable bonds is 9. The highest BCUT2D eigenvalue weighted by Gasteiger charge is 2.16. The number of nitrogens with two attached hydrogens (primary N) is 1. The molecule has 2 rings (SSSR count). The second-order valence-corrected chi connectivity index (χ2v) is 9.13. The molecule has 0 aromatic heterocycles. The predicted molar refractivity (Wildman–Crippen MR) is 111 cm³/mol. The first kappa shape index (κ1) is 21.7. The van der Waals surface area contributed by atoms with Crippen LogP contribution in [0.15, 0.2) is 58.3 Å². The molecule has 0 saturated carbocycles. The quantitative estimate of drug-likeness (QED) is 0.527. The van der Waals surface area contributed by atoms with Crippen LogP contribution in [0.25, 0.3) is 0 Å². The van der Waals surface area contributed by atoms with Gasteiger partial charge in [0.1, 0.15) is 0 Å². The van der Waals surface area contributed by atoms with Crippen LogP contribution in [0.3, 0.4) is 0 Å². The lowest BCUT2D eigenvalue weighted by atomic mass is 10.3. The molecule has 0 fully saturated rings. The minimum atomic E-state index is -3.51. The Kier molecular flexibility index (Phi) is 7.44. The minimum absolute atomic E-state index is 0.00585. The first-order valence-electron chi connectivity index (χ1n) is 8.26. The molecule has 8 nitrogen and oxygen atoms in total. The molecule has 150 valence electrons. The molecule has 0 aliphatic heterocycles. The van der Waals surface area contributed by atoms with Crippen molar-refractivity contribution < 1.29 is 18.0 Å². The molecular weight excluding hydrogens is 400 g/mol. The maximum atomic E-state index is 12.2. The molecule has 0 unspecified atom stereocenters. The summed E-state index contributed by atoms with van der Waals surface area (Å²) in [6.45, 7) is 0.00585. The lowest BCUT2D eigenvalue weighted by Crippen LogP contribution is -2.23. The first-order chi connectivity index (χ1) is 13.2. The fourth-order valence-corrected chi connectivity index (χ4v) is 3.86. The van der Waals surface area contributed by atoms with Gasteiger partial charge in [-0.2, -0.15) is 0 Å². The number of benzene rings is 2. The monoisotopic (exact) mass is 422 g/mol. The van der Waals surface area contributed by atoms with E-state index in [4.69, 9.17) is 5.73 Å². The molecule has 10 heteroatoms. The van der Waals surface area contributed by atoms with Crippen molar-refractivity contribution in [2.75, 3.05) is 37.0 Å². The van der Waals surface area contributed by atoms with Crippen molar-refractivity contribution in [2.24, 2.45) is 5.73 Å². The zero-order chi connectivity index (χ0) is 20.7. The number of carbonyl (C=O) groups excluding carboxylic acids is 2. The lowest BCUT2D eigenvalue weighted by Gasteiger charge is -2.13. The number of thioether (sulfide) groups is 1. The summed E-state index contributed by atoms with van der Waals surface area (Å²) in [5.74, 6) is -0.567. The van der Waals surface area contributed by atoms with Crippen molar-refractivity contribution >= 4 is 45.0 Å². The number of primary amides is 1. The van der Waals surface area contributed by atoms with E-state index in [1.165, 1.54) is 50.1 Å². The summed E-state index contributed by atoms with van der Waals surface area (Å²) < 4.78 is 25.2. The number of sulfonamides is 1. The van der Waals surface area contributed by atoms with E-state index in [0.29, 0.717) is 5.69 Å². The summed E-state index contributed by atoms with van der Waals surface area (Å²) in [5, 5.41) is 5.72. The Morgan fingerprint density at radius 1 is 1.07 bits per heavy atom. The Labute approximate surface area is 168 Å². The average Bonchev–Trinajstić information content (AvgIpc) is 2.65. The van der Waals surface area contributed by atoms with Crippen LogP contribution in [-0.2, 0) is 19.6 Å². The Morgan fingerprint density at radius 3 is 2.32 bits per heavy atom. The molecule has 0 spiro atoms. The number of nitrogens with zero attached hydrogens (tertiary/aromatic N) is 1. The van der Waals surface area contributed by atoms with Crippen molar-refractivity contribution in [2.45, 2.75) is 9.79 Å². The molecule has 28 heavy (non-hydrogen) atoms. The van der Waals surface area contributed by atoms with Gasteiger partial charge in [-0.3, -0.25) is 9.59 Å². The number of hydrogen-bond acceptors (Lipinski definition) is 6. The highest BCUT2D eigenvalue weighted by atomic mass is 32.2. The van der Waals surface area contributed by atoms with Gasteiger partial charge in [0.05, 0.1) is 17.2 Å². The molecule has 2 aromatic rings. The first-order valence-corrected chi connectivity index (χ1v) is 10.7. The molecule has 0 saturated heterocycles. The van der Waals surface area contributed by atoms with Gasteiger partial charge >= 0.3 is 0 Å². The number of para-hydroxylation sites is 1. The van der Waals surface area contributed by atoms with Crippen LogP contribution >= 0.6 is 11.8 Å². The van der Waals surface area contributed by atoms with Crippen LogP contribution in [0, 0.1) is 0 Å². The standard InChI is InChI=1S/C18H22N4O4S2/c1-22(2)28(25,26)14-9-7-13(8-10-14)21-18(24)11-20-15-5-3-4-6-16(15)27-12-17(19)23/h3-10,20H,11-12H2,1-2H3,(H2,19,23)(H,21,24). The summed E-state index contributed by atoms with van der Waals surface area (Å²) in [4.78, 5) is 24.1. The SMILES string of the molecule is CN(C)S(=O)(=O)c1ccc(NC(=O)CNc2ccccc2SCC(N)=O)cc1. The van der Waals surface area contributed by atoms with E-state index in [0.717, 1.165) is 14.9 Å². The van der Waals surface area contributed by atoms with E-state index in [1.54, 1.807) is 6.07 Å². The fourth-order valence-electron chi connectivity index (χ4n) is 2.19. The van der Waals surface area contributed by atoms with Gasteiger partial charge in [0.2, 0.25) is 21.8 Å². The highest BCUT2D eigenvalue weighted by molar-refractivity contribution is 8.00. The van der Waals surface area contributed by atoms with Crippen LogP contribution in [0.1, 0.15) is 0 Å². The molecule has 0 radical (unpaired) electrons. The molecule has 0 heterocycles. The summed E-state index contributed by atoms with van der Waals surface area (Å²) in [6, 6.07) is 13.2. The molecule has 4 N–H and O–H groups in total. The van der Waals surface area contributed by atoms with Gasteiger partial charge in [0.25, 0.3) is 0 Å². The van der Waals surface area contributed by atoms with Crippen LogP contribution < -0.4 is 16.4 Å². The minimum Gasteiger partial charge on any atom is -0.375 e. The third-order valence-corrected chi connectivity index (χ3v) is 6.54. The van der Waals surface area contributed by atoms with Gasteiger partial charge in [-0.05, 0) is 36.4 Å². The zero-order valence-electron chi connectivity index (χ0n) is 15.5. The predicted octanol–water partition coefficient (Wildman–Crippen LogP) is 1.56. The van der Waals surface area contributed by atoms with Crippen LogP contribution in [0.2, 0.25) is 0 Å². The third kappa shape index (κ3) is 5.98. The normalized spacial score (nSPS) is 11.2. The van der Waals surface area contributed by atoms with Crippen LogP contribution in [0.5, 0.6) is 0 Å². The maximum absolute atomic E-state index is 12.2. The third-order valence-electron chi connectivity index (χ3n) is 3.61. The van der Waals surface area contributed by atoms with Crippen LogP contribution in [-0.4, -0.2) is 50.9 Å². The summed E-state index contributed by atoms with van der Waals surface area (Å²) in [5.41, 5.74) is 6.37. The van der Waals surface area contributed by atoms with E-state index >= 15 is 0 Å². The molecular formula is C18H22N4O4S2. The van der Waals surface area contributed by atoms with E-state index in [2.05, 4.69) is 10.6 Å². The Morgan fingerprint density at radius 2 is 1.71 bits per heavy atom. The van der Waals surface area contributed by atoms with Crippen molar-refractivity contribution in [1.29, 1.82) is 0 Å². The summed E-state index contributed by atoms with van der Waals surface area (Å²) >= 11 is 1.29. The van der Waals surface area contributed by atoms with E-state index in [9.17, 15) is 18.0 Å². The number of carbonyl (C=O) groups is 2. The van der Waals surface area contributed by atoms with Gasteiger partial charge < -0.3 is 16.4 Å². The molecule has 0 aliphatic carbocycles. The highest BCUT2D eigenvalue weighted by Crippen LogP contribution is 2.26. The molecule has 0 atom stereocenters. The van der Waals surface area contributed by atoms with E-state index in [1.807, 2.05) is 18.2 Å². The summed E-state index contributed by atoms with van der Waals surface area (Å²) in [7, 11) is -0.602. The van der Waals surface area contributed by atoms with E-state index in [-0.39, 0.29) is 23.1 Å². The Hall–Kier alpha value is -2.56. The van der Waals surface area contributed by atoms with Crippen molar-refractivity contribution in [3.05, 3.63) is 48.5 Å². The largest absolute Gasteiger partial charge is 0.375 e.